The van der Waals surface area contributed by atoms with Gasteiger partial charge in [-0.15, -0.1) is 0 Å². The normalized spacial score (nSPS) is 13.1. The lowest BCUT2D eigenvalue weighted by Crippen LogP contribution is -2.30. The average molecular weight is 1130 g/mol. The van der Waals surface area contributed by atoms with Crippen LogP contribution in [0.4, 0.5) is 0 Å². The number of allylic oxidation sites excluding steroid dienone is 24. The van der Waals surface area contributed by atoms with Crippen LogP contribution >= 0.6 is 0 Å². The summed E-state index contributed by atoms with van der Waals surface area (Å²) in [6, 6.07) is 0. The maximum Gasteiger partial charge on any atom is 0.306 e. The Labute approximate surface area is 506 Å². The summed E-state index contributed by atoms with van der Waals surface area (Å²) in [5.74, 6) is -0.909. The first-order chi connectivity index (χ1) is 40.5. The number of unbranched alkanes of at least 4 members (excludes halogenated alkanes) is 25. The van der Waals surface area contributed by atoms with E-state index in [2.05, 4.69) is 167 Å². The highest BCUT2D eigenvalue weighted by molar-refractivity contribution is 5.71. The zero-order valence-corrected chi connectivity index (χ0v) is 53.2. The van der Waals surface area contributed by atoms with Gasteiger partial charge >= 0.3 is 17.9 Å². The minimum Gasteiger partial charge on any atom is -0.462 e. The van der Waals surface area contributed by atoms with Gasteiger partial charge in [-0.2, -0.15) is 0 Å². The fourth-order valence-corrected chi connectivity index (χ4v) is 9.10. The second-order valence-electron chi connectivity index (χ2n) is 22.0. The molecule has 1 unspecified atom stereocenters. The molecular weight excluding hydrogens is 1010 g/mol. The van der Waals surface area contributed by atoms with Gasteiger partial charge in [0.1, 0.15) is 13.2 Å². The van der Waals surface area contributed by atoms with E-state index in [9.17, 15) is 14.4 Å². The molecule has 0 bridgehead atoms. The number of esters is 3. The molecule has 0 amide bonds. The molecule has 0 aromatic heterocycles. The molecule has 6 nitrogen and oxygen atoms in total. The molecule has 0 saturated heterocycles. The van der Waals surface area contributed by atoms with E-state index in [0.717, 1.165) is 154 Å². The molecule has 82 heavy (non-hydrogen) atoms. The summed E-state index contributed by atoms with van der Waals surface area (Å²) in [7, 11) is 0. The van der Waals surface area contributed by atoms with Crippen LogP contribution in [-0.2, 0) is 28.6 Å². The Morgan fingerprint density at radius 1 is 0.256 bits per heavy atom. The van der Waals surface area contributed by atoms with Crippen molar-refractivity contribution in [3.63, 3.8) is 0 Å². The highest BCUT2D eigenvalue weighted by Gasteiger charge is 2.19. The summed E-state index contributed by atoms with van der Waals surface area (Å²) in [4.78, 5) is 38.4. The molecule has 0 heterocycles. The van der Waals surface area contributed by atoms with Gasteiger partial charge in [-0.1, -0.05) is 301 Å². The van der Waals surface area contributed by atoms with Crippen molar-refractivity contribution >= 4 is 17.9 Å². The van der Waals surface area contributed by atoms with Crippen LogP contribution in [0.2, 0.25) is 0 Å². The second kappa shape index (κ2) is 68.8. The SMILES string of the molecule is CC/C=C\C/C=C\C/C=C\C/C=C\C/C=C\C/C=C\CCCCCCCCCCC(=O)OCC(COC(=O)CCCCCCCCCCCCCC)OC(=O)CCCCCCCC/C=C\C/C=C\C/C=C\C/C=C\C/C=C\C/C=C\CC. The molecular formula is C76H124O6. The highest BCUT2D eigenvalue weighted by atomic mass is 16.6. The average Bonchev–Trinajstić information content (AvgIpc) is 3.47. The summed E-state index contributed by atoms with van der Waals surface area (Å²) in [5, 5.41) is 0. The van der Waals surface area contributed by atoms with E-state index in [1.54, 1.807) is 0 Å². The fourth-order valence-electron chi connectivity index (χ4n) is 9.10. The van der Waals surface area contributed by atoms with Crippen molar-refractivity contribution in [2.75, 3.05) is 13.2 Å². The van der Waals surface area contributed by atoms with Crippen LogP contribution in [0.3, 0.4) is 0 Å². The summed E-state index contributed by atoms with van der Waals surface area (Å²) >= 11 is 0. The molecule has 0 aliphatic carbocycles. The smallest absolute Gasteiger partial charge is 0.306 e. The zero-order chi connectivity index (χ0) is 59.2. The van der Waals surface area contributed by atoms with Crippen molar-refractivity contribution in [3.8, 4) is 0 Å². The van der Waals surface area contributed by atoms with Crippen LogP contribution in [0.25, 0.3) is 0 Å². The van der Waals surface area contributed by atoms with Gasteiger partial charge in [0.15, 0.2) is 6.10 Å². The lowest BCUT2D eigenvalue weighted by molar-refractivity contribution is -0.167. The van der Waals surface area contributed by atoms with Crippen molar-refractivity contribution in [2.24, 2.45) is 0 Å². The van der Waals surface area contributed by atoms with Gasteiger partial charge < -0.3 is 14.2 Å². The standard InChI is InChI=1S/C76H124O6/c1-4-7-10-13-16-19-22-25-27-29-31-33-35-37-38-40-41-43-45-47-49-51-54-57-60-63-66-69-75(78)81-72-73(71-80-74(77)68-65-62-59-56-53-24-21-18-15-12-9-6-3)82-76(79)70-67-64-61-58-55-52-50-48-46-44-42-39-36-34-32-30-28-26-23-20-17-14-11-8-5-2/h7-8,10-11,16-17,19-20,25-28,31-34,37-39,41-43,46,48,73H,4-6,9,12-15,18,21-24,29-30,35-36,40,44-45,47,49-72H2,1-3H3/b10-7-,11-8-,19-16-,20-17-,27-25-,28-26-,33-31-,34-32-,38-37-,42-39-,43-41-,48-46-. The molecule has 1 atom stereocenters. The topological polar surface area (TPSA) is 78.9 Å². The number of hydrogen-bond donors (Lipinski definition) is 0. The lowest BCUT2D eigenvalue weighted by Gasteiger charge is -2.18. The molecule has 0 aliphatic rings. The summed E-state index contributed by atoms with van der Waals surface area (Å²) in [5.41, 5.74) is 0. The van der Waals surface area contributed by atoms with Gasteiger partial charge in [-0.25, -0.2) is 0 Å². The largest absolute Gasteiger partial charge is 0.462 e. The number of carbonyl (C=O) groups excluding carboxylic acids is 3. The minimum absolute atomic E-state index is 0.0890. The van der Waals surface area contributed by atoms with Gasteiger partial charge in [0.25, 0.3) is 0 Å². The van der Waals surface area contributed by atoms with Crippen molar-refractivity contribution in [3.05, 3.63) is 146 Å². The number of rotatable bonds is 60. The number of ether oxygens (including phenoxy) is 3. The molecule has 0 spiro atoms. The summed E-state index contributed by atoms with van der Waals surface area (Å²) in [6.07, 6.45) is 98.5. The number of hydrogen-bond acceptors (Lipinski definition) is 6. The Balaban J connectivity index is 4.37. The van der Waals surface area contributed by atoms with Crippen LogP contribution in [0.5, 0.6) is 0 Å². The molecule has 6 heteroatoms. The predicted molar refractivity (Wildman–Crippen MR) is 357 cm³/mol. The molecule has 0 aromatic rings. The third kappa shape index (κ3) is 66.1. The van der Waals surface area contributed by atoms with Crippen molar-refractivity contribution in [1.29, 1.82) is 0 Å². The summed E-state index contributed by atoms with van der Waals surface area (Å²) in [6.45, 7) is 6.40. The first kappa shape index (κ1) is 77.3. The molecule has 0 rings (SSSR count). The van der Waals surface area contributed by atoms with E-state index >= 15 is 0 Å². The molecule has 464 valence electrons. The van der Waals surface area contributed by atoms with Gasteiger partial charge in [0.2, 0.25) is 0 Å². The predicted octanol–water partition coefficient (Wildman–Crippen LogP) is 23.5. The third-order valence-corrected chi connectivity index (χ3v) is 14.1. The molecule has 0 aromatic carbocycles. The maximum atomic E-state index is 12.9. The van der Waals surface area contributed by atoms with Crippen LogP contribution < -0.4 is 0 Å². The molecule has 0 aliphatic heterocycles. The lowest BCUT2D eigenvalue weighted by atomic mass is 10.0. The Hall–Kier alpha value is -4.71. The fraction of sp³-hybridized carbons (Fsp3) is 0.645. The minimum atomic E-state index is -0.796. The van der Waals surface area contributed by atoms with E-state index in [-0.39, 0.29) is 31.1 Å². The Kier molecular flexibility index (Phi) is 64.8. The molecule has 0 saturated carbocycles. The first-order valence-electron chi connectivity index (χ1n) is 33.8. The van der Waals surface area contributed by atoms with Gasteiger partial charge in [-0.05, 0) is 122 Å². The zero-order valence-electron chi connectivity index (χ0n) is 53.2. The Bertz CT molecular complexity index is 1780. The molecule has 0 radical (unpaired) electrons. The van der Waals surface area contributed by atoms with Crippen molar-refractivity contribution in [1.82, 2.24) is 0 Å². The van der Waals surface area contributed by atoms with E-state index in [0.29, 0.717) is 19.3 Å². The van der Waals surface area contributed by atoms with E-state index in [1.807, 2.05) is 0 Å². The van der Waals surface area contributed by atoms with Crippen LogP contribution in [0.1, 0.15) is 297 Å². The Morgan fingerprint density at radius 2 is 0.476 bits per heavy atom. The summed E-state index contributed by atoms with van der Waals surface area (Å²) < 4.78 is 16.9. The van der Waals surface area contributed by atoms with Crippen LogP contribution in [0.15, 0.2) is 146 Å². The monoisotopic (exact) mass is 1130 g/mol. The number of carbonyl (C=O) groups is 3. The highest BCUT2D eigenvalue weighted by Crippen LogP contribution is 2.16. The van der Waals surface area contributed by atoms with Gasteiger partial charge in [0.05, 0.1) is 0 Å². The molecule has 0 N–H and O–H groups in total. The van der Waals surface area contributed by atoms with E-state index in [1.165, 1.54) is 103 Å². The van der Waals surface area contributed by atoms with Crippen molar-refractivity contribution in [2.45, 2.75) is 303 Å². The van der Waals surface area contributed by atoms with Gasteiger partial charge in [0, 0.05) is 19.3 Å². The van der Waals surface area contributed by atoms with E-state index < -0.39 is 6.10 Å². The Morgan fingerprint density at radius 3 is 0.744 bits per heavy atom. The molecule has 0 fully saturated rings. The maximum absolute atomic E-state index is 12.9. The quantitative estimate of drug-likeness (QED) is 0.0261. The third-order valence-electron chi connectivity index (χ3n) is 14.1. The van der Waals surface area contributed by atoms with Crippen LogP contribution in [-0.4, -0.2) is 37.2 Å². The van der Waals surface area contributed by atoms with Crippen molar-refractivity contribution < 1.29 is 28.6 Å². The van der Waals surface area contributed by atoms with E-state index in [4.69, 9.17) is 14.2 Å². The van der Waals surface area contributed by atoms with Gasteiger partial charge in [-0.3, -0.25) is 14.4 Å². The first-order valence-corrected chi connectivity index (χ1v) is 33.8. The second-order valence-corrected chi connectivity index (χ2v) is 22.0. The van der Waals surface area contributed by atoms with Crippen LogP contribution in [0, 0.1) is 0 Å².